The van der Waals surface area contributed by atoms with Crippen molar-refractivity contribution in [2.75, 3.05) is 9.80 Å². The van der Waals surface area contributed by atoms with Crippen LogP contribution >= 0.6 is 0 Å². The van der Waals surface area contributed by atoms with Crippen molar-refractivity contribution in [1.29, 1.82) is 0 Å². The van der Waals surface area contributed by atoms with Crippen molar-refractivity contribution in [2.45, 2.75) is 31.6 Å². The average Bonchev–Trinajstić information content (AvgIpc) is 1.47. The van der Waals surface area contributed by atoms with Crippen LogP contribution in [0.1, 0.15) is 44.5 Å². The molecular weight excluding hydrogens is 1140 g/mol. The Bertz CT molecular complexity index is 5520. The van der Waals surface area contributed by atoms with Crippen molar-refractivity contribution >= 4 is 121 Å². The summed E-state index contributed by atoms with van der Waals surface area (Å²) in [6.45, 7) is 4.09. The van der Waals surface area contributed by atoms with Gasteiger partial charge < -0.3 is 23.2 Å². The number of hydrogen-bond acceptors (Lipinski definition) is 4. The van der Waals surface area contributed by atoms with Gasteiger partial charge in [0.15, 0.2) is 11.2 Å². The second kappa shape index (κ2) is 18.5. The first kappa shape index (κ1) is 52.1. The van der Waals surface area contributed by atoms with Gasteiger partial charge in [0.2, 0.25) is 0 Å². The summed E-state index contributed by atoms with van der Waals surface area (Å²) in [5.41, 5.74) is 12.4. The molecule has 0 amide bonds. The average molecular weight is 1180 g/mol. The summed E-state index contributed by atoms with van der Waals surface area (Å²) in [6, 6.07) is 81.0. The molecule has 1 aliphatic heterocycles. The van der Waals surface area contributed by atoms with Crippen LogP contribution in [0.3, 0.4) is 0 Å². The lowest BCUT2D eigenvalue weighted by Crippen LogP contribution is -2.34. The SMILES string of the molecule is Cc1ccccc1N(c1cc2c(c3ccccc13)-c1c(cc(N(c3ccccc3C)c3cccc4c3oc3c(C(F)(F)F)cccc34)c3ccccc13)C21c2ccccc2-n2c3ccccc3c3cccc1c32)c1cccc2c1oc1c(C(F)(F)F)cccc12. The van der Waals surface area contributed by atoms with E-state index >= 15 is 26.3 Å². The van der Waals surface area contributed by atoms with Crippen LogP contribution in [-0.4, -0.2) is 4.57 Å². The third-order valence-electron chi connectivity index (χ3n) is 19.0. The van der Waals surface area contributed by atoms with Gasteiger partial charge in [0.05, 0.1) is 56.0 Å². The molecule has 4 heterocycles. The van der Waals surface area contributed by atoms with E-state index in [0.717, 1.165) is 128 Å². The Kier molecular flexibility index (Phi) is 10.7. The van der Waals surface area contributed by atoms with Crippen LogP contribution in [0, 0.1) is 13.8 Å². The van der Waals surface area contributed by atoms with Crippen molar-refractivity contribution in [3.05, 3.63) is 293 Å². The molecule has 1 aliphatic carbocycles. The van der Waals surface area contributed by atoms with E-state index in [9.17, 15) is 0 Å². The lowest BCUT2D eigenvalue weighted by molar-refractivity contribution is -0.137. The molecule has 0 fully saturated rings. The van der Waals surface area contributed by atoms with E-state index in [2.05, 4.69) is 130 Å². The molecule has 2 aliphatic rings. The zero-order valence-corrected chi connectivity index (χ0v) is 48.1. The molecule has 0 radical (unpaired) electrons. The molecule has 5 nitrogen and oxygen atoms in total. The number of para-hydroxylation sites is 9. The zero-order valence-electron chi connectivity index (χ0n) is 48.1. The second-order valence-corrected chi connectivity index (χ2v) is 23.7. The van der Waals surface area contributed by atoms with Crippen LogP contribution < -0.4 is 9.80 Å². The second-order valence-electron chi connectivity index (χ2n) is 23.7. The highest BCUT2D eigenvalue weighted by molar-refractivity contribution is 6.22. The number of aryl methyl sites for hydroxylation is 2. The van der Waals surface area contributed by atoms with Gasteiger partial charge >= 0.3 is 12.4 Å². The van der Waals surface area contributed by atoms with Crippen LogP contribution in [-0.2, 0) is 17.8 Å². The van der Waals surface area contributed by atoms with Gasteiger partial charge in [-0.3, -0.25) is 0 Å². The summed E-state index contributed by atoms with van der Waals surface area (Å²) < 4.78 is 106. The molecule has 0 unspecified atom stereocenters. The molecule has 11 heteroatoms. The van der Waals surface area contributed by atoms with E-state index < -0.39 is 28.9 Å². The molecule has 90 heavy (non-hydrogen) atoms. The monoisotopic (exact) mass is 1180 g/mol. The van der Waals surface area contributed by atoms with E-state index in [4.69, 9.17) is 8.83 Å². The topological polar surface area (TPSA) is 37.7 Å². The molecule has 13 aromatic carbocycles. The zero-order chi connectivity index (χ0) is 60.7. The molecule has 0 saturated carbocycles. The van der Waals surface area contributed by atoms with Crippen molar-refractivity contribution in [3.63, 3.8) is 0 Å². The molecular formula is C79H47F6N3O2. The summed E-state index contributed by atoms with van der Waals surface area (Å²) in [5, 5.41) is 7.59. The van der Waals surface area contributed by atoms with Crippen LogP contribution in [0.25, 0.3) is 104 Å². The van der Waals surface area contributed by atoms with E-state index in [1.54, 1.807) is 12.1 Å². The molecule has 3 aromatic heterocycles. The summed E-state index contributed by atoms with van der Waals surface area (Å²) in [6.07, 6.45) is -9.37. The van der Waals surface area contributed by atoms with Gasteiger partial charge in [0, 0.05) is 54.5 Å². The third kappa shape index (κ3) is 6.94. The lowest BCUT2D eigenvalue weighted by Gasteiger charge is -2.40. The number of nitrogens with zero attached hydrogens (tertiary/aromatic N) is 3. The Labute approximate surface area is 510 Å². The number of halogens is 6. The number of alkyl halides is 6. The van der Waals surface area contributed by atoms with Gasteiger partial charge in [-0.1, -0.05) is 188 Å². The highest BCUT2D eigenvalue weighted by atomic mass is 19.4. The fraction of sp³-hybridized carbons (Fsp3) is 0.0633. The molecule has 1 spiro atoms. The number of furan rings is 2. The maximum atomic E-state index is 15.0. The predicted molar refractivity (Wildman–Crippen MR) is 350 cm³/mol. The Morgan fingerprint density at radius 3 is 1.21 bits per heavy atom. The van der Waals surface area contributed by atoms with Gasteiger partial charge in [-0.15, -0.1) is 0 Å². The quantitative estimate of drug-likeness (QED) is 0.156. The van der Waals surface area contributed by atoms with Crippen LogP contribution in [0.15, 0.2) is 258 Å². The van der Waals surface area contributed by atoms with Crippen LogP contribution in [0.4, 0.5) is 60.5 Å². The van der Waals surface area contributed by atoms with Gasteiger partial charge in [-0.25, -0.2) is 0 Å². The van der Waals surface area contributed by atoms with E-state index in [-0.39, 0.29) is 11.2 Å². The van der Waals surface area contributed by atoms with Crippen LogP contribution in [0.2, 0.25) is 0 Å². The highest BCUT2D eigenvalue weighted by Crippen LogP contribution is 2.66. The number of hydrogen-bond donors (Lipinski definition) is 0. The summed E-state index contributed by atoms with van der Waals surface area (Å²) in [7, 11) is 0. The maximum absolute atomic E-state index is 15.0. The lowest BCUT2D eigenvalue weighted by atomic mass is 9.65. The van der Waals surface area contributed by atoms with Crippen molar-refractivity contribution in [3.8, 4) is 16.8 Å². The minimum Gasteiger partial charge on any atom is -0.453 e. The van der Waals surface area contributed by atoms with Crippen molar-refractivity contribution < 1.29 is 35.2 Å². The first-order valence-electron chi connectivity index (χ1n) is 29.8. The van der Waals surface area contributed by atoms with Gasteiger partial charge in [-0.05, 0) is 130 Å². The highest BCUT2D eigenvalue weighted by Gasteiger charge is 2.53. The first-order chi connectivity index (χ1) is 43.8. The maximum Gasteiger partial charge on any atom is 0.420 e. The minimum absolute atomic E-state index is 0.238. The standard InChI is InChI=1S/C79H47F6N3O2/c1-44-20-3-11-36-62(44)86(66-40-18-30-54-52-28-16-34-58(78(80,81)82)73(52)89-75(54)66)68-42-60-70(49-25-7-5-22-46(49)68)71-50-26-8-6-23-47(50)69(43-61(71)77(60)56-32-10-14-39-65(56)88-64-38-13-9-24-48(64)51-27-15-33-57(77)72(51)88)87(63-37-12-4-21-45(63)2)67-41-19-31-55-53-29-17-35-59(79(83,84)85)74(53)90-76(55)67/h3-43H,1-2H3. The fourth-order valence-corrected chi connectivity index (χ4v) is 15.5. The van der Waals surface area contributed by atoms with E-state index in [1.807, 2.05) is 111 Å². The van der Waals surface area contributed by atoms with Crippen LogP contribution in [0.5, 0.6) is 0 Å². The molecule has 0 atom stereocenters. The summed E-state index contributed by atoms with van der Waals surface area (Å²) in [4.78, 5) is 4.33. The fourth-order valence-electron chi connectivity index (χ4n) is 15.5. The molecule has 18 rings (SSSR count). The number of fused-ring (bicyclic) bond motifs is 22. The Morgan fingerprint density at radius 2 is 0.700 bits per heavy atom. The number of benzene rings is 13. The van der Waals surface area contributed by atoms with E-state index in [1.165, 1.54) is 12.1 Å². The molecule has 0 saturated heterocycles. The molecule has 16 aromatic rings. The van der Waals surface area contributed by atoms with Gasteiger partial charge in [-0.2, -0.15) is 26.3 Å². The number of aromatic nitrogens is 1. The molecule has 0 N–H and O–H groups in total. The Hall–Kier alpha value is -11.0. The van der Waals surface area contributed by atoms with Crippen molar-refractivity contribution in [1.82, 2.24) is 4.57 Å². The minimum atomic E-state index is -4.68. The van der Waals surface area contributed by atoms with Gasteiger partial charge in [0.25, 0.3) is 0 Å². The third-order valence-corrected chi connectivity index (χ3v) is 19.0. The Balaban J connectivity index is 1.02. The first-order valence-corrected chi connectivity index (χ1v) is 29.8. The number of anilines is 6. The summed E-state index contributed by atoms with van der Waals surface area (Å²) in [5.74, 6) is 0. The van der Waals surface area contributed by atoms with E-state index in [0.29, 0.717) is 44.1 Å². The largest absolute Gasteiger partial charge is 0.453 e. The molecule has 432 valence electrons. The smallest absolute Gasteiger partial charge is 0.420 e. The number of rotatable bonds is 6. The van der Waals surface area contributed by atoms with Crippen molar-refractivity contribution in [2.24, 2.45) is 0 Å². The predicted octanol–water partition coefficient (Wildman–Crippen LogP) is 23.2. The Morgan fingerprint density at radius 1 is 0.322 bits per heavy atom. The molecule has 0 bridgehead atoms. The normalized spacial score (nSPS) is 13.4. The van der Waals surface area contributed by atoms with Gasteiger partial charge in [0.1, 0.15) is 11.2 Å². The summed E-state index contributed by atoms with van der Waals surface area (Å²) >= 11 is 0.